The summed E-state index contributed by atoms with van der Waals surface area (Å²) < 4.78 is 11.7. The topological polar surface area (TPSA) is 51.5 Å². The molecular formula is C29H34ClNO3. The van der Waals surface area contributed by atoms with Gasteiger partial charge in [0.1, 0.15) is 5.76 Å². The van der Waals surface area contributed by atoms with Gasteiger partial charge in [-0.2, -0.15) is 0 Å². The minimum atomic E-state index is -0.280. The number of carbonyl (C=O) groups is 1. The zero-order chi connectivity index (χ0) is 24.0. The highest BCUT2D eigenvalue weighted by Gasteiger charge is 2.43. The van der Waals surface area contributed by atoms with Gasteiger partial charge in [-0.3, -0.25) is 4.79 Å². The quantitative estimate of drug-likeness (QED) is 0.372. The van der Waals surface area contributed by atoms with Gasteiger partial charge in [0, 0.05) is 35.9 Å². The van der Waals surface area contributed by atoms with E-state index in [9.17, 15) is 4.79 Å². The van der Waals surface area contributed by atoms with E-state index in [1.807, 2.05) is 30.3 Å². The van der Waals surface area contributed by atoms with E-state index < -0.39 is 0 Å². The Hall–Kier alpha value is -2.56. The summed E-state index contributed by atoms with van der Waals surface area (Å²) in [5.41, 5.74) is 1.88. The summed E-state index contributed by atoms with van der Waals surface area (Å²) >= 11 is 6.14. The molecule has 0 bridgehead atoms. The average Bonchev–Trinajstić information content (AvgIpc) is 3.34. The standard InChI is InChI=1S/C29H34ClNO3/c1-28(2)21-29(15-18-34-28,24-10-12-25(30)13-11-24)20-27(32)31-16-14-23(26-9-6-17-33-26)19-22-7-4-3-5-8-22/h3-13,17,23H,14-16,18-21H2,1-2H3,(H,31,32)/t23-,29+/m0/s1. The molecule has 1 aliphatic rings. The number of nitrogens with one attached hydrogen (secondary N) is 1. The van der Waals surface area contributed by atoms with Crippen LogP contribution in [0.2, 0.25) is 5.02 Å². The van der Waals surface area contributed by atoms with Crippen molar-refractivity contribution in [3.63, 3.8) is 0 Å². The molecule has 4 nitrogen and oxygen atoms in total. The predicted octanol–water partition coefficient (Wildman–Crippen LogP) is 6.68. The van der Waals surface area contributed by atoms with E-state index in [4.69, 9.17) is 20.8 Å². The van der Waals surface area contributed by atoms with Crippen LogP contribution in [-0.4, -0.2) is 24.7 Å². The van der Waals surface area contributed by atoms with Gasteiger partial charge in [-0.25, -0.2) is 0 Å². The lowest BCUT2D eigenvalue weighted by atomic mass is 9.67. The molecule has 5 heteroatoms. The lowest BCUT2D eigenvalue weighted by Crippen LogP contribution is -2.46. The van der Waals surface area contributed by atoms with Gasteiger partial charge in [-0.05, 0) is 74.9 Å². The van der Waals surface area contributed by atoms with Gasteiger partial charge in [0.15, 0.2) is 0 Å². The van der Waals surface area contributed by atoms with Crippen LogP contribution in [0.5, 0.6) is 0 Å². The molecule has 180 valence electrons. The molecule has 4 rings (SSSR count). The average molecular weight is 480 g/mol. The molecule has 2 atom stereocenters. The van der Waals surface area contributed by atoms with Gasteiger partial charge in [0.2, 0.25) is 5.91 Å². The fourth-order valence-corrected chi connectivity index (χ4v) is 5.43. The second kappa shape index (κ2) is 10.8. The summed E-state index contributed by atoms with van der Waals surface area (Å²) in [5.74, 6) is 1.25. The van der Waals surface area contributed by atoms with Crippen LogP contribution in [0, 0.1) is 0 Å². The Morgan fingerprint density at radius 1 is 1.06 bits per heavy atom. The minimum absolute atomic E-state index is 0.0746. The third-order valence-electron chi connectivity index (χ3n) is 6.88. The third kappa shape index (κ3) is 6.31. The maximum Gasteiger partial charge on any atom is 0.220 e. The van der Waals surface area contributed by atoms with Crippen LogP contribution in [0.4, 0.5) is 0 Å². The molecule has 1 fully saturated rings. The van der Waals surface area contributed by atoms with Crippen molar-refractivity contribution in [1.29, 1.82) is 0 Å². The zero-order valence-electron chi connectivity index (χ0n) is 20.1. The molecule has 0 unspecified atom stereocenters. The van der Waals surface area contributed by atoms with Crippen LogP contribution in [-0.2, 0) is 21.4 Å². The molecule has 1 N–H and O–H groups in total. The fraction of sp³-hybridized carbons (Fsp3) is 0.414. The van der Waals surface area contributed by atoms with Crippen LogP contribution in [0.1, 0.15) is 62.3 Å². The highest BCUT2D eigenvalue weighted by Crippen LogP contribution is 2.44. The van der Waals surface area contributed by atoms with E-state index in [0.717, 1.165) is 37.0 Å². The van der Waals surface area contributed by atoms with Gasteiger partial charge >= 0.3 is 0 Å². The SMILES string of the molecule is CC1(C)C[C@@](CC(=O)NCC[C@@H](Cc2ccccc2)c2ccco2)(c2ccc(Cl)cc2)CCO1. The summed E-state index contributed by atoms with van der Waals surface area (Å²) in [6, 6.07) is 22.3. The lowest BCUT2D eigenvalue weighted by Gasteiger charge is -2.45. The molecule has 2 aromatic carbocycles. The maximum absolute atomic E-state index is 13.2. The summed E-state index contributed by atoms with van der Waals surface area (Å²) in [7, 11) is 0. The molecular weight excluding hydrogens is 446 g/mol. The Balaban J connectivity index is 1.41. The first kappa shape index (κ1) is 24.6. The van der Waals surface area contributed by atoms with Crippen LogP contribution in [0.15, 0.2) is 77.4 Å². The van der Waals surface area contributed by atoms with E-state index in [1.54, 1.807) is 6.26 Å². The number of furan rings is 1. The largest absolute Gasteiger partial charge is 0.469 e. The molecule has 1 saturated heterocycles. The van der Waals surface area contributed by atoms with E-state index in [2.05, 4.69) is 55.6 Å². The summed E-state index contributed by atoms with van der Waals surface area (Å²) in [6.45, 7) is 5.45. The Morgan fingerprint density at radius 3 is 2.50 bits per heavy atom. The molecule has 0 spiro atoms. The summed E-state index contributed by atoms with van der Waals surface area (Å²) in [6.07, 6.45) is 5.45. The number of carbonyl (C=O) groups excluding carboxylic acids is 1. The van der Waals surface area contributed by atoms with Crippen molar-refractivity contribution in [2.75, 3.05) is 13.2 Å². The second-order valence-electron chi connectivity index (χ2n) is 10.0. The fourth-order valence-electron chi connectivity index (χ4n) is 5.30. The maximum atomic E-state index is 13.2. The highest BCUT2D eigenvalue weighted by molar-refractivity contribution is 6.30. The van der Waals surface area contributed by atoms with Crippen LogP contribution >= 0.6 is 11.6 Å². The first-order chi connectivity index (χ1) is 16.4. The number of rotatable bonds is 9. The number of hydrogen-bond donors (Lipinski definition) is 1. The molecule has 2 heterocycles. The Labute approximate surface area is 207 Å². The molecule has 34 heavy (non-hydrogen) atoms. The third-order valence-corrected chi connectivity index (χ3v) is 7.13. The molecule has 1 aliphatic heterocycles. The molecule has 3 aromatic rings. The smallest absolute Gasteiger partial charge is 0.220 e. The second-order valence-corrected chi connectivity index (χ2v) is 10.5. The predicted molar refractivity (Wildman–Crippen MR) is 136 cm³/mol. The van der Waals surface area contributed by atoms with Crippen molar-refractivity contribution in [2.45, 2.75) is 62.9 Å². The summed E-state index contributed by atoms with van der Waals surface area (Å²) in [5, 5.41) is 3.90. The van der Waals surface area contributed by atoms with Crippen LogP contribution in [0.25, 0.3) is 0 Å². The number of halogens is 1. The normalized spacial score (nSPS) is 20.6. The first-order valence-electron chi connectivity index (χ1n) is 12.1. The number of ether oxygens (including phenoxy) is 1. The Kier molecular flexibility index (Phi) is 7.80. The molecule has 0 radical (unpaired) electrons. The van der Waals surface area contributed by atoms with Crippen molar-refractivity contribution in [3.05, 3.63) is 94.9 Å². The summed E-state index contributed by atoms with van der Waals surface area (Å²) in [4.78, 5) is 13.2. The van der Waals surface area contributed by atoms with E-state index >= 15 is 0 Å². The molecule has 0 aliphatic carbocycles. The zero-order valence-corrected chi connectivity index (χ0v) is 20.8. The van der Waals surface area contributed by atoms with Crippen molar-refractivity contribution < 1.29 is 13.9 Å². The number of hydrogen-bond acceptors (Lipinski definition) is 3. The van der Waals surface area contributed by atoms with Gasteiger partial charge < -0.3 is 14.5 Å². The van der Waals surface area contributed by atoms with Crippen LogP contribution < -0.4 is 5.32 Å². The lowest BCUT2D eigenvalue weighted by molar-refractivity contribution is -0.126. The van der Waals surface area contributed by atoms with Crippen LogP contribution in [0.3, 0.4) is 0 Å². The Bertz CT molecular complexity index is 1050. The number of amides is 1. The van der Waals surface area contributed by atoms with Gasteiger partial charge in [0.05, 0.1) is 11.9 Å². The Morgan fingerprint density at radius 2 is 1.82 bits per heavy atom. The van der Waals surface area contributed by atoms with Crippen molar-refractivity contribution >= 4 is 17.5 Å². The minimum Gasteiger partial charge on any atom is -0.469 e. The van der Waals surface area contributed by atoms with Gasteiger partial charge in [-0.1, -0.05) is 54.1 Å². The van der Waals surface area contributed by atoms with Crippen molar-refractivity contribution in [3.8, 4) is 0 Å². The molecule has 0 saturated carbocycles. The van der Waals surface area contributed by atoms with E-state index in [-0.39, 0.29) is 22.8 Å². The van der Waals surface area contributed by atoms with E-state index in [1.165, 1.54) is 5.56 Å². The van der Waals surface area contributed by atoms with Crippen molar-refractivity contribution in [2.24, 2.45) is 0 Å². The van der Waals surface area contributed by atoms with Gasteiger partial charge in [0.25, 0.3) is 0 Å². The molecule has 1 amide bonds. The monoisotopic (exact) mass is 479 g/mol. The molecule has 1 aromatic heterocycles. The van der Waals surface area contributed by atoms with E-state index in [0.29, 0.717) is 24.6 Å². The highest BCUT2D eigenvalue weighted by atomic mass is 35.5. The van der Waals surface area contributed by atoms with Crippen molar-refractivity contribution in [1.82, 2.24) is 5.32 Å². The number of benzene rings is 2. The first-order valence-corrected chi connectivity index (χ1v) is 12.5. The van der Waals surface area contributed by atoms with Gasteiger partial charge in [-0.15, -0.1) is 0 Å².